The van der Waals surface area contributed by atoms with Crippen LogP contribution in [0.25, 0.3) is 0 Å². The summed E-state index contributed by atoms with van der Waals surface area (Å²) in [6, 6.07) is 10.8. The molecule has 2 aromatic carbocycles. The lowest BCUT2D eigenvalue weighted by molar-refractivity contribution is 0.305. The van der Waals surface area contributed by atoms with Gasteiger partial charge in [0.2, 0.25) is 0 Å². The Kier molecular flexibility index (Phi) is 7.21. The Balaban J connectivity index is 1.80. The van der Waals surface area contributed by atoms with E-state index in [2.05, 4.69) is 17.5 Å². The van der Waals surface area contributed by atoms with Gasteiger partial charge in [-0.2, -0.15) is 5.10 Å². The Morgan fingerprint density at radius 1 is 1.04 bits per heavy atom. The molecule has 128 valence electrons. The number of hydrogen-bond donors (Lipinski definition) is 1. The molecule has 0 aromatic heterocycles. The predicted molar refractivity (Wildman–Crippen MR) is 93.7 cm³/mol. The van der Waals surface area contributed by atoms with Gasteiger partial charge in [-0.3, -0.25) is 5.43 Å². The zero-order valence-electron chi connectivity index (χ0n) is 13.8. The van der Waals surface area contributed by atoms with Crippen molar-refractivity contribution < 1.29 is 13.5 Å². The van der Waals surface area contributed by atoms with E-state index in [9.17, 15) is 8.78 Å². The average molecular weight is 332 g/mol. The molecule has 3 nitrogen and oxygen atoms in total. The van der Waals surface area contributed by atoms with Gasteiger partial charge in [-0.25, -0.2) is 8.78 Å². The molecule has 0 atom stereocenters. The molecule has 2 aromatic rings. The van der Waals surface area contributed by atoms with Crippen LogP contribution in [0, 0.1) is 11.6 Å². The topological polar surface area (TPSA) is 33.6 Å². The van der Waals surface area contributed by atoms with Crippen molar-refractivity contribution in [3.63, 3.8) is 0 Å². The molecule has 2 rings (SSSR count). The zero-order chi connectivity index (χ0) is 17.2. The Bertz CT molecular complexity index is 657. The van der Waals surface area contributed by atoms with E-state index in [1.54, 1.807) is 6.21 Å². The van der Waals surface area contributed by atoms with E-state index in [1.165, 1.54) is 31.4 Å². The first kappa shape index (κ1) is 17.9. The van der Waals surface area contributed by atoms with E-state index in [0.717, 1.165) is 30.4 Å². The summed E-state index contributed by atoms with van der Waals surface area (Å²) >= 11 is 0. The molecule has 0 saturated carbocycles. The maximum atomic E-state index is 13.4. The van der Waals surface area contributed by atoms with Crippen LogP contribution in [0.15, 0.2) is 47.6 Å². The smallest absolute Gasteiger partial charge is 0.151 e. The van der Waals surface area contributed by atoms with Crippen molar-refractivity contribution in [3.8, 4) is 5.75 Å². The van der Waals surface area contributed by atoms with Gasteiger partial charge in [-0.05, 0) is 48.4 Å². The molecule has 0 aliphatic carbocycles. The molecule has 0 bridgehead atoms. The number of hydrazone groups is 1. The average Bonchev–Trinajstić information content (AvgIpc) is 2.58. The molecule has 0 heterocycles. The van der Waals surface area contributed by atoms with Crippen LogP contribution in [0.4, 0.5) is 14.5 Å². The molecule has 0 saturated heterocycles. The fraction of sp³-hybridized carbons (Fsp3) is 0.316. The molecule has 5 heteroatoms. The quantitative estimate of drug-likeness (QED) is 0.380. The van der Waals surface area contributed by atoms with Crippen LogP contribution in [0.2, 0.25) is 0 Å². The zero-order valence-corrected chi connectivity index (χ0v) is 13.8. The van der Waals surface area contributed by atoms with Gasteiger partial charge >= 0.3 is 0 Å². The van der Waals surface area contributed by atoms with E-state index in [1.807, 2.05) is 24.3 Å². The predicted octanol–water partition coefficient (Wildman–Crippen LogP) is 5.37. The van der Waals surface area contributed by atoms with E-state index < -0.39 is 11.6 Å². The Morgan fingerprint density at radius 2 is 1.83 bits per heavy atom. The lowest BCUT2D eigenvalue weighted by atomic mass is 10.2. The highest BCUT2D eigenvalue weighted by Gasteiger charge is 2.01. The molecular weight excluding hydrogens is 310 g/mol. The molecule has 0 fully saturated rings. The van der Waals surface area contributed by atoms with Crippen LogP contribution in [0.5, 0.6) is 5.75 Å². The fourth-order valence-corrected chi connectivity index (χ4v) is 2.13. The first-order valence-electron chi connectivity index (χ1n) is 8.16. The minimum atomic E-state index is -0.682. The van der Waals surface area contributed by atoms with Crippen molar-refractivity contribution in [1.29, 1.82) is 0 Å². The minimum absolute atomic E-state index is 0.125. The van der Waals surface area contributed by atoms with Crippen LogP contribution in [-0.4, -0.2) is 12.8 Å². The molecular formula is C19H22F2N2O. The number of nitrogens with zero attached hydrogens (tertiary/aromatic N) is 1. The van der Waals surface area contributed by atoms with Crippen LogP contribution in [-0.2, 0) is 0 Å². The lowest BCUT2D eigenvalue weighted by Gasteiger charge is -2.06. The maximum Gasteiger partial charge on any atom is 0.151 e. The molecule has 0 aliphatic heterocycles. The third-order valence-corrected chi connectivity index (χ3v) is 3.48. The Morgan fingerprint density at radius 3 is 2.54 bits per heavy atom. The minimum Gasteiger partial charge on any atom is -0.494 e. The first-order valence-corrected chi connectivity index (χ1v) is 8.16. The van der Waals surface area contributed by atoms with Crippen LogP contribution in [0.1, 0.15) is 38.2 Å². The summed E-state index contributed by atoms with van der Waals surface area (Å²) in [6.07, 6.45) is 6.26. The monoisotopic (exact) mass is 332 g/mol. The van der Waals surface area contributed by atoms with E-state index in [4.69, 9.17) is 4.74 Å². The summed E-state index contributed by atoms with van der Waals surface area (Å²) in [5.74, 6) is -0.479. The number of benzene rings is 2. The first-order chi connectivity index (χ1) is 11.7. The third kappa shape index (κ3) is 5.99. The highest BCUT2D eigenvalue weighted by atomic mass is 19.1. The number of rotatable bonds is 9. The number of ether oxygens (including phenoxy) is 1. The summed E-state index contributed by atoms with van der Waals surface area (Å²) in [7, 11) is 0. The van der Waals surface area contributed by atoms with Crippen molar-refractivity contribution in [3.05, 3.63) is 59.7 Å². The molecule has 24 heavy (non-hydrogen) atoms. The number of nitrogens with one attached hydrogen (secondary N) is 1. The van der Waals surface area contributed by atoms with Crippen molar-refractivity contribution in [2.24, 2.45) is 5.10 Å². The molecule has 0 aliphatic rings. The van der Waals surface area contributed by atoms with Crippen LogP contribution < -0.4 is 10.2 Å². The highest BCUT2D eigenvalue weighted by Crippen LogP contribution is 2.15. The van der Waals surface area contributed by atoms with Crippen LogP contribution in [0.3, 0.4) is 0 Å². The Hall–Kier alpha value is -2.43. The van der Waals surface area contributed by atoms with E-state index in [-0.39, 0.29) is 5.69 Å². The summed E-state index contributed by atoms with van der Waals surface area (Å²) < 4.78 is 31.9. The second kappa shape index (κ2) is 9.65. The molecule has 0 unspecified atom stereocenters. The largest absolute Gasteiger partial charge is 0.494 e. The second-order valence-corrected chi connectivity index (χ2v) is 5.47. The molecule has 0 radical (unpaired) electrons. The fourth-order valence-electron chi connectivity index (χ4n) is 2.13. The van der Waals surface area contributed by atoms with Gasteiger partial charge in [0.15, 0.2) is 5.82 Å². The van der Waals surface area contributed by atoms with Crippen molar-refractivity contribution in [2.45, 2.75) is 32.6 Å². The van der Waals surface area contributed by atoms with Gasteiger partial charge in [0.1, 0.15) is 11.6 Å². The third-order valence-electron chi connectivity index (χ3n) is 3.48. The van der Waals surface area contributed by atoms with Gasteiger partial charge in [0.25, 0.3) is 0 Å². The highest BCUT2D eigenvalue weighted by molar-refractivity contribution is 5.80. The molecule has 0 spiro atoms. The van der Waals surface area contributed by atoms with Gasteiger partial charge in [-0.15, -0.1) is 0 Å². The van der Waals surface area contributed by atoms with Gasteiger partial charge in [0, 0.05) is 6.07 Å². The number of unbranched alkanes of at least 4 members (excludes halogenated alkanes) is 3. The number of anilines is 1. The maximum absolute atomic E-state index is 13.4. The standard InChI is InChI=1S/C19H22F2N2O/c1-2-3-4-5-12-24-17-9-6-15(7-10-17)14-22-23-19-11-8-16(20)13-18(19)21/h6-11,13-14,23H,2-5,12H2,1H3/b22-14+. The van der Waals surface area contributed by atoms with Crippen LogP contribution >= 0.6 is 0 Å². The van der Waals surface area contributed by atoms with Gasteiger partial charge < -0.3 is 4.74 Å². The summed E-state index contributed by atoms with van der Waals surface area (Å²) in [4.78, 5) is 0. The van der Waals surface area contributed by atoms with Gasteiger partial charge in [-0.1, -0.05) is 26.2 Å². The SMILES string of the molecule is CCCCCCOc1ccc(/C=N/Nc2ccc(F)cc2F)cc1. The van der Waals surface area contributed by atoms with Crippen molar-refractivity contribution in [2.75, 3.05) is 12.0 Å². The van der Waals surface area contributed by atoms with E-state index >= 15 is 0 Å². The van der Waals surface area contributed by atoms with Gasteiger partial charge in [0.05, 0.1) is 18.5 Å². The van der Waals surface area contributed by atoms with E-state index in [0.29, 0.717) is 0 Å². The summed E-state index contributed by atoms with van der Waals surface area (Å²) in [5.41, 5.74) is 3.53. The van der Waals surface area contributed by atoms with Crippen molar-refractivity contribution in [1.82, 2.24) is 0 Å². The van der Waals surface area contributed by atoms with Crippen molar-refractivity contribution >= 4 is 11.9 Å². The number of halogens is 2. The molecule has 0 amide bonds. The number of hydrogen-bond acceptors (Lipinski definition) is 3. The Labute approximate surface area is 141 Å². The summed E-state index contributed by atoms with van der Waals surface area (Å²) in [5, 5.41) is 3.95. The lowest BCUT2D eigenvalue weighted by Crippen LogP contribution is -1.97. The normalized spacial score (nSPS) is 11.0. The second-order valence-electron chi connectivity index (χ2n) is 5.47. The molecule has 1 N–H and O–H groups in total. The summed E-state index contributed by atoms with van der Waals surface area (Å²) in [6.45, 7) is 2.90.